The fourth-order valence-corrected chi connectivity index (χ4v) is 1.79. The Kier molecular flexibility index (Phi) is 3.38. The molecule has 84 valence electrons. The van der Waals surface area contributed by atoms with E-state index in [0.717, 1.165) is 12.3 Å². The Morgan fingerprint density at radius 1 is 1.33 bits per heavy atom. The Balaban J connectivity index is 3.32. The fraction of sp³-hybridized carbons (Fsp3) is 0.250. The number of nitrogens with two attached hydrogens (primary N) is 1. The quantitative estimate of drug-likeness (QED) is 0.788. The van der Waals surface area contributed by atoms with Crippen LogP contribution in [0.4, 0.5) is 8.78 Å². The van der Waals surface area contributed by atoms with Gasteiger partial charge in [0.2, 0.25) is 0 Å². The minimum atomic E-state index is -3.77. The number of halogens is 2. The largest absolute Gasteiger partial charge is 0.300 e. The van der Waals surface area contributed by atoms with E-state index in [-0.39, 0.29) is 12.2 Å². The summed E-state index contributed by atoms with van der Waals surface area (Å²) in [6, 6.07) is 1.36. The number of hydrogen-bond donors (Lipinski definition) is 1. The average molecular weight is 237 g/mol. The van der Waals surface area contributed by atoms with Gasteiger partial charge in [-0.25, -0.2) is 23.1 Å². The van der Waals surface area contributed by atoms with Crippen LogP contribution in [0.2, 0.25) is 0 Å². The third-order valence-electron chi connectivity index (χ3n) is 1.74. The first-order valence-corrected chi connectivity index (χ1v) is 5.75. The molecule has 0 bridgehead atoms. The van der Waals surface area contributed by atoms with Crippen LogP contribution in [-0.4, -0.2) is 14.7 Å². The van der Waals surface area contributed by atoms with Gasteiger partial charge in [-0.2, -0.15) is 0 Å². The molecule has 0 amide bonds. The van der Waals surface area contributed by atoms with E-state index in [1.165, 1.54) is 0 Å². The van der Waals surface area contributed by atoms with Crippen molar-refractivity contribution in [3.63, 3.8) is 0 Å². The highest BCUT2D eigenvalue weighted by Gasteiger charge is 2.17. The van der Waals surface area contributed by atoms with E-state index in [9.17, 15) is 17.2 Å². The van der Waals surface area contributed by atoms with Crippen LogP contribution in [0.15, 0.2) is 17.0 Å². The molecule has 15 heavy (non-hydrogen) atoms. The van der Waals surface area contributed by atoms with Gasteiger partial charge in [-0.15, -0.1) is 0 Å². The van der Waals surface area contributed by atoms with Gasteiger partial charge in [0.15, 0.2) is 9.84 Å². The molecule has 1 aromatic rings. The van der Waals surface area contributed by atoms with Crippen LogP contribution in [0.5, 0.6) is 0 Å². The highest BCUT2D eigenvalue weighted by atomic mass is 32.2. The van der Waals surface area contributed by atoms with Crippen molar-refractivity contribution < 1.29 is 22.0 Å². The summed E-state index contributed by atoms with van der Waals surface area (Å²) in [4.78, 5) is 3.45. The van der Waals surface area contributed by atoms with Gasteiger partial charge < -0.3 is 0 Å². The van der Waals surface area contributed by atoms with Crippen LogP contribution in [0.3, 0.4) is 0 Å². The first-order chi connectivity index (χ1) is 6.86. The van der Waals surface area contributed by atoms with Crippen LogP contribution in [0, 0.1) is 11.6 Å². The molecule has 0 aliphatic rings. The predicted molar refractivity (Wildman–Crippen MR) is 48.4 cm³/mol. The Hall–Kier alpha value is -1.05. The average Bonchev–Trinajstić information content (AvgIpc) is 2.09. The summed E-state index contributed by atoms with van der Waals surface area (Å²) in [6.07, 6.45) is 0.796. The molecule has 0 aliphatic heterocycles. The van der Waals surface area contributed by atoms with Crippen LogP contribution in [0.25, 0.3) is 0 Å². The summed E-state index contributed by atoms with van der Waals surface area (Å²) in [7, 11) is -3.77. The molecule has 0 radical (unpaired) electrons. The maximum absolute atomic E-state index is 13.2. The molecular formula is C8H9F2NO3S. The summed E-state index contributed by atoms with van der Waals surface area (Å²) in [5.41, 5.74) is -0.137. The van der Waals surface area contributed by atoms with E-state index in [4.69, 9.17) is 5.90 Å². The third kappa shape index (κ3) is 2.71. The summed E-state index contributed by atoms with van der Waals surface area (Å²) < 4.78 is 48.4. The first kappa shape index (κ1) is 12.0. The van der Waals surface area contributed by atoms with E-state index in [0.29, 0.717) is 6.07 Å². The minimum Gasteiger partial charge on any atom is -0.300 e. The van der Waals surface area contributed by atoms with Crippen molar-refractivity contribution in [3.8, 4) is 0 Å². The Morgan fingerprint density at radius 2 is 1.93 bits per heavy atom. The van der Waals surface area contributed by atoms with E-state index < -0.39 is 26.4 Å². The molecule has 1 aromatic carbocycles. The smallest absolute Gasteiger partial charge is 0.178 e. The lowest BCUT2D eigenvalue weighted by Crippen LogP contribution is -2.06. The molecule has 0 atom stereocenters. The lowest BCUT2D eigenvalue weighted by atomic mass is 10.2. The summed E-state index contributed by atoms with van der Waals surface area (Å²) in [5, 5.41) is 0. The van der Waals surface area contributed by atoms with Gasteiger partial charge in [-0.1, -0.05) is 0 Å². The van der Waals surface area contributed by atoms with Crippen molar-refractivity contribution in [1.82, 2.24) is 0 Å². The van der Waals surface area contributed by atoms with Crippen LogP contribution >= 0.6 is 0 Å². The zero-order valence-electron chi connectivity index (χ0n) is 7.83. The van der Waals surface area contributed by atoms with Gasteiger partial charge in [0, 0.05) is 11.8 Å². The van der Waals surface area contributed by atoms with Crippen LogP contribution in [-0.2, 0) is 21.3 Å². The zero-order chi connectivity index (χ0) is 11.6. The van der Waals surface area contributed by atoms with Gasteiger partial charge >= 0.3 is 0 Å². The molecular weight excluding hydrogens is 228 g/mol. The van der Waals surface area contributed by atoms with Crippen LogP contribution < -0.4 is 5.90 Å². The van der Waals surface area contributed by atoms with Crippen molar-refractivity contribution in [3.05, 3.63) is 29.3 Å². The first-order valence-electron chi connectivity index (χ1n) is 3.86. The lowest BCUT2D eigenvalue weighted by molar-refractivity contribution is 0.121. The molecule has 0 fully saturated rings. The number of benzene rings is 1. The minimum absolute atomic E-state index is 0.137. The topological polar surface area (TPSA) is 69.4 Å². The molecule has 4 nitrogen and oxygen atoms in total. The Labute approximate surface area is 85.5 Å². The molecule has 0 unspecified atom stereocenters. The van der Waals surface area contributed by atoms with Crippen molar-refractivity contribution >= 4 is 9.84 Å². The highest BCUT2D eigenvalue weighted by molar-refractivity contribution is 7.90. The van der Waals surface area contributed by atoms with Crippen molar-refractivity contribution in [1.29, 1.82) is 0 Å². The Bertz CT molecular complexity index is 473. The van der Waals surface area contributed by atoms with Crippen molar-refractivity contribution in [2.75, 3.05) is 6.26 Å². The van der Waals surface area contributed by atoms with Gasteiger partial charge in [0.25, 0.3) is 0 Å². The molecule has 0 heterocycles. The molecule has 0 aromatic heterocycles. The van der Waals surface area contributed by atoms with Crippen LogP contribution in [0.1, 0.15) is 5.56 Å². The summed E-state index contributed by atoms with van der Waals surface area (Å²) >= 11 is 0. The molecule has 0 saturated heterocycles. The number of rotatable bonds is 3. The maximum Gasteiger partial charge on any atom is 0.178 e. The second-order valence-electron chi connectivity index (χ2n) is 2.96. The van der Waals surface area contributed by atoms with E-state index in [2.05, 4.69) is 4.84 Å². The second kappa shape index (κ2) is 4.21. The number of hydrogen-bond acceptors (Lipinski definition) is 4. The maximum atomic E-state index is 13.2. The molecule has 0 spiro atoms. The highest BCUT2D eigenvalue weighted by Crippen LogP contribution is 2.19. The molecule has 7 heteroatoms. The lowest BCUT2D eigenvalue weighted by Gasteiger charge is -2.05. The molecule has 0 saturated carbocycles. The van der Waals surface area contributed by atoms with E-state index >= 15 is 0 Å². The van der Waals surface area contributed by atoms with Crippen molar-refractivity contribution in [2.24, 2.45) is 5.90 Å². The van der Waals surface area contributed by atoms with Gasteiger partial charge in [-0.05, 0) is 12.1 Å². The van der Waals surface area contributed by atoms with Crippen molar-refractivity contribution in [2.45, 2.75) is 11.5 Å². The summed E-state index contributed by atoms with van der Waals surface area (Å²) in [5.74, 6) is 2.80. The van der Waals surface area contributed by atoms with Gasteiger partial charge in [0.1, 0.15) is 16.5 Å². The predicted octanol–water partition coefficient (Wildman–Crippen LogP) is 0.759. The molecule has 2 N–H and O–H groups in total. The monoisotopic (exact) mass is 237 g/mol. The van der Waals surface area contributed by atoms with E-state index in [1.54, 1.807) is 0 Å². The SMILES string of the molecule is CS(=O)(=O)c1cc(F)c(CON)cc1F. The Morgan fingerprint density at radius 3 is 2.40 bits per heavy atom. The van der Waals surface area contributed by atoms with Gasteiger partial charge in [0.05, 0.1) is 6.61 Å². The fourth-order valence-electron chi connectivity index (χ4n) is 1.05. The number of sulfone groups is 1. The standard InChI is InChI=1S/C8H9F2NO3S/c1-15(12,13)8-3-6(9)5(4-14-11)2-7(8)10/h2-3H,4,11H2,1H3. The molecule has 1 rings (SSSR count). The third-order valence-corrected chi connectivity index (χ3v) is 2.85. The summed E-state index contributed by atoms with van der Waals surface area (Å²) in [6.45, 7) is -0.327. The van der Waals surface area contributed by atoms with Gasteiger partial charge in [-0.3, -0.25) is 4.84 Å². The second-order valence-corrected chi connectivity index (χ2v) is 4.94. The van der Waals surface area contributed by atoms with E-state index in [1.807, 2.05) is 0 Å². The molecule has 0 aliphatic carbocycles. The zero-order valence-corrected chi connectivity index (χ0v) is 8.64. The normalized spacial score (nSPS) is 11.7.